The summed E-state index contributed by atoms with van der Waals surface area (Å²) in [5, 5.41) is 0. The molecule has 0 atom stereocenters. The molecule has 0 bridgehead atoms. The molecule has 0 aliphatic heterocycles. The van der Waals surface area contributed by atoms with E-state index in [1.165, 1.54) is 0 Å². The predicted molar refractivity (Wildman–Crippen MR) is 38.2 cm³/mol. The summed E-state index contributed by atoms with van der Waals surface area (Å²) in [5.41, 5.74) is 0. The molecule has 0 aromatic carbocycles. The van der Waals surface area contributed by atoms with Gasteiger partial charge in [-0.25, -0.2) is 0 Å². The van der Waals surface area contributed by atoms with Crippen molar-refractivity contribution in [3.63, 3.8) is 0 Å². The fraction of sp³-hybridized carbons (Fsp3) is 0. The Kier molecular flexibility index (Phi) is 2420. The zero-order valence-corrected chi connectivity index (χ0v) is 24.2. The minimum Gasteiger partial charge on any atom is -3.00 e. The first-order chi connectivity index (χ1) is 0. The van der Waals surface area contributed by atoms with Crippen molar-refractivity contribution in [3.05, 3.63) is 30.8 Å². The molecule has 0 aromatic heterocycles. The Bertz CT molecular complexity index is 21.4. The van der Waals surface area contributed by atoms with Crippen LogP contribution >= 0.6 is 0 Å². The fourth-order valence-corrected chi connectivity index (χ4v) is 0. The summed E-state index contributed by atoms with van der Waals surface area (Å²) >= 11 is 0. The van der Waals surface area contributed by atoms with E-state index in [2.05, 4.69) is 0 Å². The van der Waals surface area contributed by atoms with E-state index in [9.17, 15) is 0 Å². The minimum atomic E-state index is 0. The molecule has 0 aliphatic rings. The van der Waals surface area contributed by atoms with Gasteiger partial charge < -0.3 is 30.8 Å². The molecule has 0 saturated heterocycles. The van der Waals surface area contributed by atoms with Gasteiger partial charge in [-0.3, -0.25) is 0 Å². The Morgan fingerprint density at radius 3 is 0.286 bits per heavy atom. The second kappa shape index (κ2) is 170. The summed E-state index contributed by atoms with van der Waals surface area (Å²) in [5.74, 6) is 0. The molecule has 14 heteroatoms. The molecule has 0 aliphatic carbocycles. The van der Waals surface area contributed by atoms with Gasteiger partial charge in [-0.2, -0.15) is 0 Å². The molecule has 14 heavy (non-hydrogen) atoms. The van der Waals surface area contributed by atoms with E-state index in [0.717, 1.165) is 0 Å². The molecule has 0 fully saturated rings. The van der Waals surface area contributed by atoms with Crippen molar-refractivity contribution in [2.45, 2.75) is 0 Å². The normalized spacial score (nSPS) is 0. The largest absolute Gasteiger partial charge is 5.00 e. The van der Waals surface area contributed by atoms with E-state index < -0.39 is 0 Å². The summed E-state index contributed by atoms with van der Waals surface area (Å²) in [7, 11) is 0. The maximum Gasteiger partial charge on any atom is 5.00 e. The molecule has 0 aromatic rings. The molecule has 3 radical (unpaired) electrons. The van der Waals surface area contributed by atoms with Crippen LogP contribution < -0.4 is 0 Å². The van der Waals surface area contributed by atoms with Crippen molar-refractivity contribution < 1.29 is 134 Å². The Labute approximate surface area is 217 Å². The molecule has 61 valence electrons. The number of hydrogen-bond donors (Lipinski definition) is 0. The van der Waals surface area contributed by atoms with Crippen LogP contribution in [-0.4, -0.2) is 56.6 Å². The summed E-state index contributed by atoms with van der Waals surface area (Å²) in [4.78, 5) is 0. The van der Waals surface area contributed by atoms with E-state index in [1.54, 1.807) is 0 Å². The van der Waals surface area contributed by atoms with Gasteiger partial charge in [0.15, 0.2) is 0 Å². The first-order valence-corrected chi connectivity index (χ1v) is 0. The number of hydrogen-bond acceptors (Lipinski definition) is 0. The van der Waals surface area contributed by atoms with Gasteiger partial charge in [0.25, 0.3) is 0 Å². The van der Waals surface area contributed by atoms with Crippen molar-refractivity contribution in [1.82, 2.24) is 0 Å². The van der Waals surface area contributed by atoms with Crippen LogP contribution in [0.5, 0.6) is 0 Å². The second-order valence-electron chi connectivity index (χ2n) is 0. The van der Waals surface area contributed by atoms with Crippen molar-refractivity contribution in [2.24, 2.45) is 0 Å². The smallest absolute Gasteiger partial charge is 3.00 e. The van der Waals surface area contributed by atoms with Crippen LogP contribution in [0.4, 0.5) is 0 Å². The molecule has 0 rings (SSSR count). The van der Waals surface area contributed by atoms with Crippen LogP contribution in [-0.2, 0) is 134 Å². The third kappa shape index (κ3) is 144. The third-order valence-electron chi connectivity index (χ3n) is 0. The Morgan fingerprint density at radius 2 is 0.286 bits per heavy atom. The quantitative estimate of drug-likeness (QED) is 0.288. The molecular formula is H3Li3N5Ta6. The maximum atomic E-state index is 0. The van der Waals surface area contributed by atoms with Gasteiger partial charge in [-0.1, -0.05) is 0 Å². The van der Waals surface area contributed by atoms with Gasteiger partial charge in [-0.05, 0) is 0 Å². The van der Waals surface area contributed by atoms with E-state index >= 15 is 0 Å². The molecule has 0 heterocycles. The molecule has 0 amide bonds. The molecule has 0 N–H and O–H groups in total. The first-order valence-electron chi connectivity index (χ1n) is 0. The van der Waals surface area contributed by atoms with Crippen LogP contribution in [0.1, 0.15) is 0 Å². The maximum absolute atomic E-state index is 0. The Morgan fingerprint density at radius 1 is 0.286 bits per heavy atom. The molecule has 5 nitrogen and oxygen atoms in total. The summed E-state index contributed by atoms with van der Waals surface area (Å²) in [6, 6.07) is 0. The third-order valence-corrected chi connectivity index (χ3v) is 0. The van der Waals surface area contributed by atoms with E-state index in [-0.39, 0.29) is 222 Å². The molecule has 0 saturated carbocycles. The Balaban J connectivity index is 0. The summed E-state index contributed by atoms with van der Waals surface area (Å²) in [6.07, 6.45) is 0. The monoisotopic (exact) mass is 1180 g/mol. The number of rotatable bonds is 0. The predicted octanol–water partition coefficient (Wildman–Crippen LogP) is -0.517. The van der Waals surface area contributed by atoms with Crippen LogP contribution in [0.3, 0.4) is 0 Å². The van der Waals surface area contributed by atoms with Gasteiger partial charge in [0.2, 0.25) is 0 Å². The molecular weight excluding hydrogens is 1180 g/mol. The second-order valence-corrected chi connectivity index (χ2v) is 0. The fourth-order valence-electron chi connectivity index (χ4n) is 0. The van der Waals surface area contributed by atoms with Crippen LogP contribution in [0.2, 0.25) is 0 Å². The van der Waals surface area contributed by atoms with Gasteiger partial charge in [0.1, 0.15) is 0 Å². The van der Waals surface area contributed by atoms with Crippen molar-refractivity contribution in [3.8, 4) is 0 Å². The zero-order chi connectivity index (χ0) is 0. The minimum absolute atomic E-state index is 0. The molecule has 0 unspecified atom stereocenters. The standard InChI is InChI=1S/3Li.5N.6Ta.3H/q;;;5*-3;;;;3*+5;;;. The van der Waals surface area contributed by atoms with E-state index in [1.807, 2.05) is 0 Å². The van der Waals surface area contributed by atoms with E-state index in [4.69, 9.17) is 0 Å². The molecule has 0 spiro atoms. The first kappa shape index (κ1) is 199. The number of nitrogens with zero attached hydrogens (tertiary/aromatic N) is 5. The average molecular weight is 1180 g/mol. The van der Waals surface area contributed by atoms with Crippen LogP contribution in [0.15, 0.2) is 0 Å². The van der Waals surface area contributed by atoms with Gasteiger partial charge in [0, 0.05) is 67.1 Å². The van der Waals surface area contributed by atoms with Crippen LogP contribution in [0.25, 0.3) is 30.8 Å². The topological polar surface area (TPSA) is 152 Å². The zero-order valence-electron chi connectivity index (χ0n) is 4.92. The van der Waals surface area contributed by atoms with Crippen LogP contribution in [0, 0.1) is 0 Å². The summed E-state index contributed by atoms with van der Waals surface area (Å²) in [6.45, 7) is 0. The van der Waals surface area contributed by atoms with Gasteiger partial charge in [-0.15, -0.1) is 0 Å². The SMILES string of the molecule is [LiH].[LiH].[LiH].[N-3].[N-3].[N-3].[N-3].[N-3].[Ta+5].[Ta+5].[Ta+5].[Ta].[Ta].[Ta]. The van der Waals surface area contributed by atoms with Crippen molar-refractivity contribution >= 4 is 56.6 Å². The average Bonchev–Trinajstić information content (AvgIpc) is 0. The van der Waals surface area contributed by atoms with Crippen molar-refractivity contribution in [1.29, 1.82) is 0 Å². The van der Waals surface area contributed by atoms with Gasteiger partial charge >= 0.3 is 124 Å². The van der Waals surface area contributed by atoms with Crippen molar-refractivity contribution in [2.75, 3.05) is 0 Å². The van der Waals surface area contributed by atoms with Gasteiger partial charge in [0.05, 0.1) is 0 Å². The summed E-state index contributed by atoms with van der Waals surface area (Å²) < 4.78 is 0. The Hall–Kier alpha value is 6.03. The van der Waals surface area contributed by atoms with E-state index in [0.29, 0.717) is 0 Å².